The average molecular weight is 336 g/mol. The second-order valence-electron chi connectivity index (χ2n) is 4.32. The van der Waals surface area contributed by atoms with Gasteiger partial charge < -0.3 is 14.8 Å². The van der Waals surface area contributed by atoms with Crippen molar-refractivity contribution in [3.8, 4) is 0 Å². The van der Waals surface area contributed by atoms with Crippen LogP contribution in [0.5, 0.6) is 0 Å². The Balaban J connectivity index is 2.42. The van der Waals surface area contributed by atoms with Crippen LogP contribution in [-0.2, 0) is 19.5 Å². The van der Waals surface area contributed by atoms with Crippen LogP contribution in [0.1, 0.15) is 22.3 Å². The number of hydrogen-bond acceptors (Lipinski definition) is 6. The summed E-state index contributed by atoms with van der Waals surface area (Å²) in [7, 11) is -2.18. The quantitative estimate of drug-likeness (QED) is 0.638. The van der Waals surface area contributed by atoms with E-state index in [9.17, 15) is 13.2 Å². The first kappa shape index (κ1) is 18.1. The van der Waals surface area contributed by atoms with Crippen LogP contribution in [0.15, 0.2) is 9.59 Å². The largest absolute Gasteiger partial charge is 0.382 e. The van der Waals surface area contributed by atoms with Crippen molar-refractivity contribution in [1.29, 1.82) is 0 Å². The molecule has 1 heterocycles. The fourth-order valence-corrected chi connectivity index (χ4v) is 3.63. The topological polar surface area (TPSA) is 108 Å². The number of ether oxygens (including phenoxy) is 2. The maximum atomic E-state index is 11.9. The number of hydrogen-bond donors (Lipinski definition) is 2. The Labute approximate surface area is 128 Å². The Morgan fingerprint density at radius 1 is 1.38 bits per heavy atom. The lowest BCUT2D eigenvalue weighted by Gasteiger charge is -2.06. The van der Waals surface area contributed by atoms with Crippen LogP contribution < -0.4 is 10.5 Å². The standard InChI is InChI=1S/C12H20N2O5S2/c1-9-10(8-20-12(9)21(13,16)17)11(15)14-4-3-5-19-7-6-18-2/h8H,3-7H2,1-2H3,(H,14,15)(H2,13,16,17). The summed E-state index contributed by atoms with van der Waals surface area (Å²) < 4.78 is 32.7. The number of nitrogens with two attached hydrogens (primary N) is 1. The second-order valence-corrected chi connectivity index (χ2v) is 6.96. The van der Waals surface area contributed by atoms with Gasteiger partial charge in [-0.1, -0.05) is 0 Å². The minimum Gasteiger partial charge on any atom is -0.382 e. The summed E-state index contributed by atoms with van der Waals surface area (Å²) in [6.45, 7) is 3.60. The summed E-state index contributed by atoms with van der Waals surface area (Å²) in [5.41, 5.74) is 0.723. The number of thiophene rings is 1. The van der Waals surface area contributed by atoms with Crippen LogP contribution in [0.25, 0.3) is 0 Å². The van der Waals surface area contributed by atoms with Gasteiger partial charge in [0, 0.05) is 25.6 Å². The van der Waals surface area contributed by atoms with Crippen molar-refractivity contribution < 1.29 is 22.7 Å². The normalized spacial score (nSPS) is 11.6. The Hall–Kier alpha value is -1.00. The molecule has 0 aliphatic rings. The van der Waals surface area contributed by atoms with Crippen molar-refractivity contribution in [1.82, 2.24) is 5.32 Å². The van der Waals surface area contributed by atoms with Crippen LogP contribution >= 0.6 is 11.3 Å². The van der Waals surface area contributed by atoms with Gasteiger partial charge in [0.2, 0.25) is 10.0 Å². The van der Waals surface area contributed by atoms with Crippen LogP contribution in [0.3, 0.4) is 0 Å². The van der Waals surface area contributed by atoms with Gasteiger partial charge in [-0.2, -0.15) is 0 Å². The highest BCUT2D eigenvalue weighted by Crippen LogP contribution is 2.25. The number of carbonyl (C=O) groups is 1. The molecule has 1 aromatic rings. The van der Waals surface area contributed by atoms with Gasteiger partial charge >= 0.3 is 0 Å². The summed E-state index contributed by atoms with van der Waals surface area (Å²) in [5, 5.41) is 9.29. The Morgan fingerprint density at radius 3 is 2.67 bits per heavy atom. The number of amides is 1. The van der Waals surface area contributed by atoms with Gasteiger partial charge in [0.1, 0.15) is 4.21 Å². The SMILES string of the molecule is COCCOCCCNC(=O)c1csc(S(N)(=O)=O)c1C. The van der Waals surface area contributed by atoms with E-state index in [1.165, 1.54) is 5.38 Å². The highest BCUT2D eigenvalue weighted by molar-refractivity contribution is 7.91. The van der Waals surface area contributed by atoms with Crippen LogP contribution in [0.4, 0.5) is 0 Å². The Kier molecular flexibility index (Phi) is 7.26. The first-order valence-electron chi connectivity index (χ1n) is 6.33. The number of carbonyl (C=O) groups excluding carboxylic acids is 1. The van der Waals surface area contributed by atoms with Crippen molar-refractivity contribution in [2.75, 3.05) is 33.5 Å². The van der Waals surface area contributed by atoms with Crippen molar-refractivity contribution in [2.24, 2.45) is 5.14 Å². The molecule has 1 aromatic heterocycles. The van der Waals surface area contributed by atoms with Gasteiger partial charge in [0.15, 0.2) is 0 Å². The second kappa shape index (κ2) is 8.44. The van der Waals surface area contributed by atoms with Gasteiger partial charge in [-0.3, -0.25) is 4.79 Å². The lowest BCUT2D eigenvalue weighted by molar-refractivity contribution is 0.0688. The molecule has 7 nitrogen and oxygen atoms in total. The van der Waals surface area contributed by atoms with E-state index in [1.807, 2.05) is 0 Å². The molecule has 1 rings (SSSR count). The lowest BCUT2D eigenvalue weighted by atomic mass is 10.2. The molecule has 0 aliphatic heterocycles. The average Bonchev–Trinajstić information content (AvgIpc) is 2.79. The zero-order chi connectivity index (χ0) is 15.9. The minimum absolute atomic E-state index is 0.0237. The third kappa shape index (κ3) is 5.71. The molecule has 0 aliphatic carbocycles. The molecule has 9 heteroatoms. The van der Waals surface area contributed by atoms with Gasteiger partial charge in [-0.05, 0) is 18.9 Å². The predicted molar refractivity (Wildman–Crippen MR) is 80.1 cm³/mol. The monoisotopic (exact) mass is 336 g/mol. The molecule has 0 aromatic carbocycles. The van der Waals surface area contributed by atoms with Crippen LogP contribution in [-0.4, -0.2) is 47.8 Å². The van der Waals surface area contributed by atoms with Crippen LogP contribution in [0.2, 0.25) is 0 Å². The number of rotatable bonds is 9. The first-order chi connectivity index (χ1) is 9.88. The summed E-state index contributed by atoms with van der Waals surface area (Å²) in [4.78, 5) is 11.9. The molecule has 0 radical (unpaired) electrons. The van der Waals surface area contributed by atoms with Gasteiger partial charge in [0.25, 0.3) is 5.91 Å². The molecule has 0 atom stereocenters. The minimum atomic E-state index is -3.78. The highest BCUT2D eigenvalue weighted by Gasteiger charge is 2.20. The molecule has 0 fully saturated rings. The Morgan fingerprint density at radius 2 is 2.10 bits per heavy atom. The molecule has 0 saturated carbocycles. The molecule has 1 amide bonds. The van der Waals surface area contributed by atoms with E-state index in [-0.39, 0.29) is 10.1 Å². The number of primary sulfonamides is 1. The zero-order valence-corrected chi connectivity index (χ0v) is 13.7. The fraction of sp³-hybridized carbons (Fsp3) is 0.583. The third-order valence-electron chi connectivity index (χ3n) is 2.68. The molecule has 0 unspecified atom stereocenters. The van der Waals surface area contributed by atoms with Crippen molar-refractivity contribution in [3.05, 3.63) is 16.5 Å². The molecule has 0 spiro atoms. The van der Waals surface area contributed by atoms with Gasteiger partial charge in [-0.25, -0.2) is 13.6 Å². The van der Waals surface area contributed by atoms with Gasteiger partial charge in [0.05, 0.1) is 18.8 Å². The Bertz CT molecular complexity index is 568. The maximum Gasteiger partial charge on any atom is 0.252 e. The smallest absolute Gasteiger partial charge is 0.252 e. The van der Waals surface area contributed by atoms with E-state index >= 15 is 0 Å². The highest BCUT2D eigenvalue weighted by atomic mass is 32.2. The number of sulfonamides is 1. The summed E-state index contributed by atoms with van der Waals surface area (Å²) in [6.07, 6.45) is 0.667. The molecular weight excluding hydrogens is 316 g/mol. The molecule has 0 bridgehead atoms. The van der Waals surface area contributed by atoms with Crippen molar-refractivity contribution in [3.63, 3.8) is 0 Å². The lowest BCUT2D eigenvalue weighted by Crippen LogP contribution is -2.25. The van der Waals surface area contributed by atoms with Gasteiger partial charge in [-0.15, -0.1) is 11.3 Å². The van der Waals surface area contributed by atoms with E-state index < -0.39 is 10.0 Å². The van der Waals surface area contributed by atoms with E-state index in [0.717, 1.165) is 11.3 Å². The molecule has 21 heavy (non-hydrogen) atoms. The first-order valence-corrected chi connectivity index (χ1v) is 8.76. The predicted octanol–water partition coefficient (Wildman–Crippen LogP) is 0.487. The molecular formula is C12H20N2O5S2. The number of methoxy groups -OCH3 is 1. The molecule has 0 saturated heterocycles. The summed E-state index contributed by atoms with van der Waals surface area (Å²) in [6, 6.07) is 0. The van der Waals surface area contributed by atoms with E-state index in [4.69, 9.17) is 14.6 Å². The summed E-state index contributed by atoms with van der Waals surface area (Å²) in [5.74, 6) is -0.310. The summed E-state index contributed by atoms with van der Waals surface area (Å²) >= 11 is 0.952. The zero-order valence-electron chi connectivity index (χ0n) is 12.0. The fourth-order valence-electron chi connectivity index (χ4n) is 1.62. The third-order valence-corrected chi connectivity index (χ3v) is 5.36. The number of nitrogens with one attached hydrogen (secondary N) is 1. The molecule has 3 N–H and O–H groups in total. The van der Waals surface area contributed by atoms with E-state index in [2.05, 4.69) is 5.32 Å². The van der Waals surface area contributed by atoms with E-state index in [0.29, 0.717) is 43.9 Å². The molecule has 120 valence electrons. The van der Waals surface area contributed by atoms with Crippen LogP contribution in [0, 0.1) is 6.92 Å². The van der Waals surface area contributed by atoms with Crippen molar-refractivity contribution >= 4 is 27.3 Å². The van der Waals surface area contributed by atoms with E-state index in [1.54, 1.807) is 14.0 Å². The van der Waals surface area contributed by atoms with Crippen molar-refractivity contribution in [2.45, 2.75) is 17.6 Å². The maximum absolute atomic E-state index is 11.9.